The number of allylic oxidation sites excluding steroid dienone is 6. The molecule has 47 heavy (non-hydrogen) atoms. The summed E-state index contributed by atoms with van der Waals surface area (Å²) in [6.07, 6.45) is 18.9. The van der Waals surface area contributed by atoms with E-state index < -0.39 is 0 Å². The van der Waals surface area contributed by atoms with Gasteiger partial charge in [0.25, 0.3) is 0 Å². The molecule has 0 saturated carbocycles. The second-order valence-electron chi connectivity index (χ2n) is 11.7. The first-order chi connectivity index (χ1) is 23.3. The molecule has 0 aromatic heterocycles. The maximum atomic E-state index is 4.68. The van der Waals surface area contributed by atoms with Gasteiger partial charge < -0.3 is 15.1 Å². The van der Waals surface area contributed by atoms with Gasteiger partial charge in [-0.3, -0.25) is 4.99 Å². The van der Waals surface area contributed by atoms with Crippen molar-refractivity contribution in [1.82, 2.24) is 5.32 Å². The van der Waals surface area contributed by atoms with E-state index in [1.54, 1.807) is 0 Å². The first kappa shape index (κ1) is 33.3. The van der Waals surface area contributed by atoms with Gasteiger partial charge in [-0.2, -0.15) is 0 Å². The van der Waals surface area contributed by atoms with Crippen LogP contribution in [0.1, 0.15) is 44.6 Å². The molecule has 0 aliphatic carbocycles. The van der Waals surface area contributed by atoms with Crippen LogP contribution >= 0.6 is 0 Å². The minimum Gasteiger partial charge on any atom is -0.391 e. The van der Waals surface area contributed by atoms with E-state index in [-0.39, 0.29) is 0 Å². The molecule has 4 aromatic rings. The van der Waals surface area contributed by atoms with E-state index in [1.165, 1.54) is 46.8 Å². The summed E-state index contributed by atoms with van der Waals surface area (Å²) in [4.78, 5) is 9.56. The second-order valence-corrected chi connectivity index (χ2v) is 11.7. The summed E-state index contributed by atoms with van der Waals surface area (Å²) >= 11 is 0. The zero-order chi connectivity index (χ0) is 32.5. The van der Waals surface area contributed by atoms with Gasteiger partial charge in [0.2, 0.25) is 0 Å². The summed E-state index contributed by atoms with van der Waals surface area (Å²) in [6, 6.07) is 38.8. The van der Waals surface area contributed by atoms with Crippen LogP contribution in [0.5, 0.6) is 0 Å². The van der Waals surface area contributed by atoms with E-state index in [1.807, 2.05) is 18.5 Å². The van der Waals surface area contributed by atoms with Gasteiger partial charge in [-0.1, -0.05) is 104 Å². The number of anilines is 5. The summed E-state index contributed by atoms with van der Waals surface area (Å²) in [5, 5.41) is 3.42. The number of hydrogen-bond donors (Lipinski definition) is 1. The molecule has 1 N–H and O–H groups in total. The van der Waals surface area contributed by atoms with E-state index in [2.05, 4.69) is 161 Å². The third-order valence-electron chi connectivity index (χ3n) is 8.49. The average Bonchev–Trinajstić information content (AvgIpc) is 3.13. The highest BCUT2D eigenvalue weighted by molar-refractivity contribution is 5.97. The molecule has 1 heterocycles. The Labute approximate surface area is 282 Å². The highest BCUT2D eigenvalue weighted by atomic mass is 15.3. The van der Waals surface area contributed by atoms with Gasteiger partial charge >= 0.3 is 0 Å². The highest BCUT2D eigenvalue weighted by Crippen LogP contribution is 2.51. The van der Waals surface area contributed by atoms with E-state index >= 15 is 0 Å². The van der Waals surface area contributed by atoms with Crippen molar-refractivity contribution in [3.8, 4) is 0 Å². The van der Waals surface area contributed by atoms with Crippen molar-refractivity contribution in [3.63, 3.8) is 0 Å². The Bertz CT molecular complexity index is 1620. The first-order valence-electron chi connectivity index (χ1n) is 17.0. The molecule has 0 bridgehead atoms. The van der Waals surface area contributed by atoms with Gasteiger partial charge in [-0.25, -0.2) is 0 Å². The van der Waals surface area contributed by atoms with E-state index in [9.17, 15) is 0 Å². The van der Waals surface area contributed by atoms with E-state index in [0.29, 0.717) is 0 Å². The largest absolute Gasteiger partial charge is 0.391 e. The number of benzene rings is 4. The molecular formula is C43H48N4. The van der Waals surface area contributed by atoms with E-state index in [4.69, 9.17) is 0 Å². The molecule has 0 radical (unpaired) electrons. The normalized spacial score (nSPS) is 13.2. The van der Waals surface area contributed by atoms with Crippen LogP contribution in [0.3, 0.4) is 0 Å². The lowest BCUT2D eigenvalue weighted by Gasteiger charge is -2.40. The molecule has 1 aliphatic rings. The minimum atomic E-state index is 0.840. The summed E-state index contributed by atoms with van der Waals surface area (Å²) in [5.74, 6) is 0. The second kappa shape index (κ2) is 18.2. The van der Waals surface area contributed by atoms with Crippen LogP contribution in [0, 0.1) is 0 Å². The van der Waals surface area contributed by atoms with Crippen LogP contribution < -0.4 is 15.1 Å². The quantitative estimate of drug-likeness (QED) is 0.0724. The molecular weight excluding hydrogens is 573 g/mol. The number of unbranched alkanes of at least 4 members (excludes halogenated alkanes) is 3. The van der Waals surface area contributed by atoms with Crippen LogP contribution in [0.25, 0.3) is 0 Å². The lowest BCUT2D eigenvalue weighted by Crippen LogP contribution is -2.27. The number of para-hydroxylation sites is 5. The number of nitrogens with one attached hydrogen (secondary N) is 1. The van der Waals surface area contributed by atoms with Crippen molar-refractivity contribution < 1.29 is 0 Å². The fourth-order valence-electron chi connectivity index (χ4n) is 6.07. The van der Waals surface area contributed by atoms with Crippen molar-refractivity contribution in [3.05, 3.63) is 163 Å². The predicted octanol–water partition coefficient (Wildman–Crippen LogP) is 11.0. The zero-order valence-electron chi connectivity index (χ0n) is 27.8. The first-order valence-corrected chi connectivity index (χ1v) is 17.0. The average molecular weight is 621 g/mol. The molecule has 4 nitrogen and oxygen atoms in total. The molecule has 0 atom stereocenters. The van der Waals surface area contributed by atoms with Crippen LogP contribution in [0.15, 0.2) is 162 Å². The maximum Gasteiger partial charge on any atom is 0.0699 e. The SMILES string of the molecule is C=CC(=C\C=NCCCCCCN1c2ccccc2N(c2ccccc2)c2ccccc21)/C(/C=C\NCCCc1ccccc1)=C/C. The molecule has 0 amide bonds. The van der Waals surface area contributed by atoms with Crippen molar-refractivity contribution >= 4 is 34.7 Å². The third kappa shape index (κ3) is 9.23. The minimum absolute atomic E-state index is 0.840. The lowest BCUT2D eigenvalue weighted by molar-refractivity contribution is 0.649. The molecule has 4 aromatic carbocycles. The fourth-order valence-corrected chi connectivity index (χ4v) is 6.07. The van der Waals surface area contributed by atoms with Crippen LogP contribution in [0.2, 0.25) is 0 Å². The standard InChI is InChI=1S/C43H48N4/c1-3-37(38(4-2)30-34-45-32-19-22-36-20-9-7-10-21-36)29-33-44-31-17-5-6-18-35-46-40-25-13-15-27-42(40)47(39-23-11-8-12-24-39)43-28-16-14-26-41(43)46/h3-4,7-16,20-21,23-30,33-34,45H,1,5-6,17-19,22,31-32,35H2,2H3/b34-30-,37-29+,38-4+,44-33?. The Hall–Kier alpha value is -5.09. The smallest absolute Gasteiger partial charge is 0.0699 e. The predicted molar refractivity (Wildman–Crippen MR) is 204 cm³/mol. The number of hydrogen-bond acceptors (Lipinski definition) is 4. The van der Waals surface area contributed by atoms with Gasteiger partial charge in [-0.15, -0.1) is 0 Å². The summed E-state index contributed by atoms with van der Waals surface area (Å²) in [6.45, 7) is 8.86. The fraction of sp³-hybridized carbons (Fsp3) is 0.233. The summed E-state index contributed by atoms with van der Waals surface area (Å²) < 4.78 is 0. The third-order valence-corrected chi connectivity index (χ3v) is 8.49. The maximum absolute atomic E-state index is 4.68. The molecule has 0 spiro atoms. The molecule has 0 fully saturated rings. The lowest BCUT2D eigenvalue weighted by atomic mass is 10.0. The van der Waals surface area contributed by atoms with Crippen molar-refractivity contribution in [2.45, 2.75) is 45.4 Å². The Balaban J connectivity index is 1.06. The Morgan fingerprint density at radius 2 is 1.32 bits per heavy atom. The van der Waals surface area contributed by atoms with Crippen LogP contribution in [0.4, 0.5) is 28.4 Å². The number of aryl methyl sites for hydroxylation is 1. The number of aliphatic imine (C=N–C) groups is 1. The number of fused-ring (bicyclic) bond motifs is 2. The molecule has 1 aliphatic heterocycles. The topological polar surface area (TPSA) is 30.9 Å². The number of nitrogens with zero attached hydrogens (tertiary/aromatic N) is 3. The molecule has 4 heteroatoms. The van der Waals surface area contributed by atoms with Gasteiger partial charge in [0.05, 0.1) is 22.7 Å². The summed E-state index contributed by atoms with van der Waals surface area (Å²) in [5.41, 5.74) is 9.76. The summed E-state index contributed by atoms with van der Waals surface area (Å²) in [7, 11) is 0. The van der Waals surface area contributed by atoms with Crippen molar-refractivity contribution in [1.29, 1.82) is 0 Å². The van der Waals surface area contributed by atoms with Crippen molar-refractivity contribution in [2.75, 3.05) is 29.4 Å². The van der Waals surface area contributed by atoms with Gasteiger partial charge in [0, 0.05) is 31.5 Å². The van der Waals surface area contributed by atoms with Crippen LogP contribution in [-0.2, 0) is 6.42 Å². The van der Waals surface area contributed by atoms with Gasteiger partial charge in [0.1, 0.15) is 0 Å². The zero-order valence-corrected chi connectivity index (χ0v) is 27.8. The molecule has 0 saturated heterocycles. The van der Waals surface area contributed by atoms with Crippen LogP contribution in [-0.4, -0.2) is 25.8 Å². The Morgan fingerprint density at radius 3 is 1.98 bits per heavy atom. The monoisotopic (exact) mass is 620 g/mol. The molecule has 5 rings (SSSR count). The Morgan fingerprint density at radius 1 is 0.702 bits per heavy atom. The number of rotatable bonds is 17. The highest BCUT2D eigenvalue weighted by Gasteiger charge is 2.28. The molecule has 0 unspecified atom stereocenters. The van der Waals surface area contributed by atoms with Gasteiger partial charge in [0.15, 0.2) is 0 Å². The van der Waals surface area contributed by atoms with E-state index in [0.717, 1.165) is 56.5 Å². The van der Waals surface area contributed by atoms with Gasteiger partial charge in [-0.05, 0) is 104 Å². The Kier molecular flexibility index (Phi) is 12.9. The van der Waals surface area contributed by atoms with Crippen molar-refractivity contribution in [2.24, 2.45) is 4.99 Å². The molecule has 240 valence electrons.